The van der Waals surface area contributed by atoms with Crippen molar-refractivity contribution in [3.8, 4) is 0 Å². The van der Waals surface area contributed by atoms with E-state index in [0.717, 1.165) is 12.1 Å². The van der Waals surface area contributed by atoms with Crippen molar-refractivity contribution in [1.29, 1.82) is 0 Å². The highest BCUT2D eigenvalue weighted by atomic mass is 79.9. The molecule has 0 aliphatic carbocycles. The number of rotatable bonds is 3. The fourth-order valence-corrected chi connectivity index (χ4v) is 1.69. The smallest absolute Gasteiger partial charge is 0.337 e. The molecule has 0 aliphatic rings. The van der Waals surface area contributed by atoms with E-state index in [1.807, 2.05) is 0 Å². The quantitative estimate of drug-likeness (QED) is 0.803. The summed E-state index contributed by atoms with van der Waals surface area (Å²) >= 11 is 8.34. The van der Waals surface area contributed by atoms with Crippen molar-refractivity contribution in [1.82, 2.24) is 5.32 Å². The third-order valence-electron chi connectivity index (χ3n) is 1.92. The van der Waals surface area contributed by atoms with Crippen LogP contribution in [0.2, 0.25) is 0 Å². The second kappa shape index (κ2) is 6.29. The van der Waals surface area contributed by atoms with Gasteiger partial charge in [-0.15, -0.1) is 11.6 Å². The highest BCUT2D eigenvalue weighted by Crippen LogP contribution is 2.33. The zero-order chi connectivity index (χ0) is 13.8. The average molecular weight is 346 g/mol. The van der Waals surface area contributed by atoms with Gasteiger partial charge >= 0.3 is 12.2 Å². The van der Waals surface area contributed by atoms with Gasteiger partial charge in [-0.2, -0.15) is 13.2 Å². The Balaban J connectivity index is 2.77. The topological polar surface area (TPSA) is 41.1 Å². The average Bonchev–Trinajstić information content (AvgIpc) is 2.27. The molecule has 1 aromatic rings. The lowest BCUT2D eigenvalue weighted by molar-refractivity contribution is -0.137. The van der Waals surface area contributed by atoms with Crippen LogP contribution in [0.15, 0.2) is 22.7 Å². The molecule has 100 valence electrons. The lowest BCUT2D eigenvalue weighted by atomic mass is 10.2. The minimum atomic E-state index is -4.41. The first kappa shape index (κ1) is 15.1. The van der Waals surface area contributed by atoms with Crippen molar-refractivity contribution in [2.24, 2.45) is 0 Å². The Bertz CT molecular complexity index is 440. The molecule has 0 unspecified atom stereocenters. The predicted octanol–water partition coefficient (Wildman–Crippen LogP) is 3.83. The molecule has 0 atom stereocenters. The Hall–Kier alpha value is -0.950. The Labute approximate surface area is 115 Å². The van der Waals surface area contributed by atoms with Crippen LogP contribution < -0.4 is 10.6 Å². The normalized spacial score (nSPS) is 11.2. The van der Waals surface area contributed by atoms with Gasteiger partial charge in [-0.05, 0) is 34.1 Å². The van der Waals surface area contributed by atoms with E-state index >= 15 is 0 Å². The van der Waals surface area contributed by atoms with E-state index in [-0.39, 0.29) is 22.6 Å². The van der Waals surface area contributed by atoms with Gasteiger partial charge in [-0.1, -0.05) is 0 Å². The minimum Gasteiger partial charge on any atom is -0.337 e. The number of carbonyl (C=O) groups is 1. The van der Waals surface area contributed by atoms with Crippen LogP contribution in [0.25, 0.3) is 0 Å². The molecule has 1 aromatic carbocycles. The van der Waals surface area contributed by atoms with Crippen molar-refractivity contribution < 1.29 is 18.0 Å². The molecule has 2 N–H and O–H groups in total. The summed E-state index contributed by atoms with van der Waals surface area (Å²) in [4.78, 5) is 11.3. The Morgan fingerprint density at radius 3 is 2.56 bits per heavy atom. The fourth-order valence-electron chi connectivity index (χ4n) is 1.12. The van der Waals surface area contributed by atoms with Crippen molar-refractivity contribution in [3.05, 3.63) is 28.2 Å². The van der Waals surface area contributed by atoms with Crippen molar-refractivity contribution in [3.63, 3.8) is 0 Å². The van der Waals surface area contributed by atoms with Gasteiger partial charge in [-0.3, -0.25) is 0 Å². The van der Waals surface area contributed by atoms with E-state index in [1.165, 1.54) is 6.07 Å². The van der Waals surface area contributed by atoms with Gasteiger partial charge in [0.2, 0.25) is 0 Å². The SMILES string of the molecule is O=C(NCCCl)Nc1ccc(C(F)(F)F)cc1Br. The van der Waals surface area contributed by atoms with Gasteiger partial charge in [0.15, 0.2) is 0 Å². The van der Waals surface area contributed by atoms with Crippen LogP contribution in [0.5, 0.6) is 0 Å². The molecule has 0 fully saturated rings. The van der Waals surface area contributed by atoms with E-state index in [2.05, 4.69) is 26.6 Å². The third-order valence-corrected chi connectivity index (χ3v) is 2.77. The third kappa shape index (κ3) is 4.38. The van der Waals surface area contributed by atoms with Gasteiger partial charge in [0.05, 0.1) is 11.3 Å². The summed E-state index contributed by atoms with van der Waals surface area (Å²) in [5, 5.41) is 4.83. The van der Waals surface area contributed by atoms with E-state index in [1.54, 1.807) is 0 Å². The van der Waals surface area contributed by atoms with E-state index in [4.69, 9.17) is 11.6 Å². The van der Waals surface area contributed by atoms with E-state index in [0.29, 0.717) is 0 Å². The molecule has 0 aromatic heterocycles. The van der Waals surface area contributed by atoms with E-state index < -0.39 is 17.8 Å². The molecule has 0 heterocycles. The number of carbonyl (C=O) groups excluding carboxylic acids is 1. The van der Waals surface area contributed by atoms with Crippen LogP contribution in [0.3, 0.4) is 0 Å². The number of benzene rings is 1. The molecular formula is C10H9BrClF3N2O. The molecule has 18 heavy (non-hydrogen) atoms. The molecule has 0 radical (unpaired) electrons. The zero-order valence-corrected chi connectivity index (χ0v) is 11.3. The van der Waals surface area contributed by atoms with Crippen LogP contribution in [-0.4, -0.2) is 18.5 Å². The van der Waals surface area contributed by atoms with Gasteiger partial charge in [0.25, 0.3) is 0 Å². The first-order valence-corrected chi connectivity index (χ1v) is 6.15. The molecular weight excluding hydrogens is 336 g/mol. The maximum Gasteiger partial charge on any atom is 0.416 e. The maximum absolute atomic E-state index is 12.4. The second-order valence-corrected chi connectivity index (χ2v) is 4.49. The van der Waals surface area contributed by atoms with Gasteiger partial charge in [-0.25, -0.2) is 4.79 Å². The standard InChI is InChI=1S/C10H9BrClF3N2O/c11-7-5-6(10(13,14)15)1-2-8(7)17-9(18)16-4-3-12/h1-2,5H,3-4H2,(H2,16,17,18). The summed E-state index contributed by atoms with van der Waals surface area (Å²) in [5.41, 5.74) is -0.545. The van der Waals surface area contributed by atoms with Crippen LogP contribution >= 0.6 is 27.5 Å². The van der Waals surface area contributed by atoms with Crippen molar-refractivity contribution in [2.45, 2.75) is 6.18 Å². The fraction of sp³-hybridized carbons (Fsp3) is 0.300. The number of urea groups is 1. The number of hydrogen-bond donors (Lipinski definition) is 2. The number of hydrogen-bond acceptors (Lipinski definition) is 1. The van der Waals surface area contributed by atoms with Gasteiger partial charge in [0.1, 0.15) is 0 Å². The molecule has 0 spiro atoms. The molecule has 3 nitrogen and oxygen atoms in total. The summed E-state index contributed by atoms with van der Waals surface area (Å²) in [5.74, 6) is 0.252. The highest BCUT2D eigenvalue weighted by molar-refractivity contribution is 9.10. The van der Waals surface area contributed by atoms with Crippen molar-refractivity contribution in [2.75, 3.05) is 17.7 Å². The Morgan fingerprint density at radius 1 is 1.39 bits per heavy atom. The Morgan fingerprint density at radius 2 is 2.06 bits per heavy atom. The number of nitrogens with one attached hydrogen (secondary N) is 2. The molecule has 0 saturated heterocycles. The number of halogens is 5. The lowest BCUT2D eigenvalue weighted by Gasteiger charge is -2.11. The molecule has 8 heteroatoms. The molecule has 0 bridgehead atoms. The largest absolute Gasteiger partial charge is 0.416 e. The maximum atomic E-state index is 12.4. The van der Waals surface area contributed by atoms with Crippen LogP contribution in [0, 0.1) is 0 Å². The first-order chi connectivity index (χ1) is 8.34. The van der Waals surface area contributed by atoms with Gasteiger partial charge < -0.3 is 10.6 Å². The minimum absolute atomic E-state index is 0.151. The van der Waals surface area contributed by atoms with Crippen LogP contribution in [0.1, 0.15) is 5.56 Å². The summed E-state index contributed by atoms with van der Waals surface area (Å²) in [6.45, 7) is 0.269. The van der Waals surface area contributed by atoms with E-state index in [9.17, 15) is 18.0 Å². The number of alkyl halides is 4. The summed E-state index contributed by atoms with van der Waals surface area (Å²) < 4.78 is 37.3. The monoisotopic (exact) mass is 344 g/mol. The zero-order valence-electron chi connectivity index (χ0n) is 8.94. The molecule has 0 saturated carbocycles. The number of anilines is 1. The Kier molecular flexibility index (Phi) is 5.28. The molecule has 0 aliphatic heterocycles. The summed E-state index contributed by atoms with van der Waals surface area (Å²) in [6, 6.07) is 2.43. The predicted molar refractivity (Wildman–Crippen MR) is 66.9 cm³/mol. The molecule has 1 rings (SSSR count). The summed E-state index contributed by atoms with van der Waals surface area (Å²) in [6.07, 6.45) is -4.41. The van der Waals surface area contributed by atoms with Crippen LogP contribution in [-0.2, 0) is 6.18 Å². The second-order valence-electron chi connectivity index (χ2n) is 3.26. The number of amides is 2. The van der Waals surface area contributed by atoms with Gasteiger partial charge in [0, 0.05) is 16.9 Å². The summed E-state index contributed by atoms with van der Waals surface area (Å²) in [7, 11) is 0. The highest BCUT2D eigenvalue weighted by Gasteiger charge is 2.30. The lowest BCUT2D eigenvalue weighted by Crippen LogP contribution is -2.30. The van der Waals surface area contributed by atoms with Crippen molar-refractivity contribution >= 4 is 39.2 Å². The first-order valence-electron chi connectivity index (χ1n) is 4.82. The molecule has 2 amide bonds. The van der Waals surface area contributed by atoms with Crippen LogP contribution in [0.4, 0.5) is 23.7 Å².